The van der Waals surface area contributed by atoms with Crippen LogP contribution in [0.5, 0.6) is 0 Å². The van der Waals surface area contributed by atoms with Crippen molar-refractivity contribution in [1.29, 1.82) is 0 Å². The van der Waals surface area contributed by atoms with Gasteiger partial charge in [-0.05, 0) is 22.0 Å². The third-order valence-electron chi connectivity index (χ3n) is 3.57. The van der Waals surface area contributed by atoms with E-state index in [1.807, 2.05) is 11.0 Å². The first-order valence-corrected chi connectivity index (χ1v) is 7.15. The van der Waals surface area contributed by atoms with Crippen molar-refractivity contribution in [3.05, 3.63) is 16.9 Å². The average Bonchev–Trinajstić information content (AvgIpc) is 2.77. The minimum Gasteiger partial charge on any atom is -0.382 e. The Kier molecular flexibility index (Phi) is 3.25. The summed E-state index contributed by atoms with van der Waals surface area (Å²) in [6.45, 7) is 4.61. The number of fused-ring (bicyclic) bond motifs is 1. The van der Waals surface area contributed by atoms with E-state index in [0.29, 0.717) is 5.82 Å². The maximum Gasteiger partial charge on any atom is 0.219 e. The largest absolute Gasteiger partial charge is 0.382 e. The quantitative estimate of drug-likeness (QED) is 0.829. The number of nitrogens with zero attached hydrogens (tertiary/aromatic N) is 5. The summed E-state index contributed by atoms with van der Waals surface area (Å²) in [6, 6.07) is 1.99. The van der Waals surface area contributed by atoms with Crippen LogP contribution in [0.1, 0.15) is 6.92 Å². The summed E-state index contributed by atoms with van der Waals surface area (Å²) in [6.07, 6.45) is 1.45. The van der Waals surface area contributed by atoms with Crippen LogP contribution in [0.4, 0.5) is 11.6 Å². The van der Waals surface area contributed by atoms with Gasteiger partial charge in [0.25, 0.3) is 0 Å². The number of nitrogens with two attached hydrogens (primary N) is 1. The topological polar surface area (TPSA) is 79.8 Å². The molecule has 0 radical (unpaired) electrons. The monoisotopic (exact) mass is 338 g/mol. The number of carbonyl (C=O) groups excluding carboxylic acids is 1. The Morgan fingerprint density at radius 3 is 2.70 bits per heavy atom. The second-order valence-electron chi connectivity index (χ2n) is 4.75. The van der Waals surface area contributed by atoms with E-state index in [1.165, 1.54) is 6.33 Å². The molecule has 1 aliphatic rings. The molecule has 20 heavy (non-hydrogen) atoms. The minimum absolute atomic E-state index is 0.123. The lowest BCUT2D eigenvalue weighted by molar-refractivity contribution is -0.129. The highest BCUT2D eigenvalue weighted by molar-refractivity contribution is 9.10. The van der Waals surface area contributed by atoms with Gasteiger partial charge in [-0.2, -0.15) is 5.10 Å². The SMILES string of the molecule is CC(=O)N1CCN(c2cc(Br)c3c(N)ncnn23)CC1. The van der Waals surface area contributed by atoms with Crippen LogP contribution in [0.15, 0.2) is 16.9 Å². The van der Waals surface area contributed by atoms with Crippen molar-refractivity contribution in [3.63, 3.8) is 0 Å². The minimum atomic E-state index is 0.123. The fourth-order valence-electron chi connectivity index (χ4n) is 2.48. The fourth-order valence-corrected chi connectivity index (χ4v) is 3.06. The van der Waals surface area contributed by atoms with Gasteiger partial charge in [-0.15, -0.1) is 0 Å². The van der Waals surface area contributed by atoms with Crippen molar-refractivity contribution in [3.8, 4) is 0 Å². The third kappa shape index (κ3) is 2.09. The average molecular weight is 339 g/mol. The molecule has 2 N–H and O–H groups in total. The molecule has 1 fully saturated rings. The maximum absolute atomic E-state index is 11.4. The number of amides is 1. The van der Waals surface area contributed by atoms with Crippen LogP contribution >= 0.6 is 15.9 Å². The number of halogens is 1. The van der Waals surface area contributed by atoms with Gasteiger partial charge in [-0.1, -0.05) is 0 Å². The molecule has 3 rings (SSSR count). The number of hydrogen-bond donors (Lipinski definition) is 1. The van der Waals surface area contributed by atoms with Crippen LogP contribution in [0.2, 0.25) is 0 Å². The first-order chi connectivity index (χ1) is 9.58. The van der Waals surface area contributed by atoms with Gasteiger partial charge in [0, 0.05) is 33.1 Å². The molecule has 0 aliphatic carbocycles. The first kappa shape index (κ1) is 13.2. The predicted molar refractivity (Wildman–Crippen MR) is 79.6 cm³/mol. The number of anilines is 2. The predicted octanol–water partition coefficient (Wildman–Crippen LogP) is 0.743. The van der Waals surface area contributed by atoms with Gasteiger partial charge in [0.05, 0.1) is 4.47 Å². The van der Waals surface area contributed by atoms with E-state index in [1.54, 1.807) is 11.4 Å². The van der Waals surface area contributed by atoms with Gasteiger partial charge >= 0.3 is 0 Å². The lowest BCUT2D eigenvalue weighted by Crippen LogP contribution is -2.48. The molecular formula is C12H15BrN6O. The van der Waals surface area contributed by atoms with Crippen molar-refractivity contribution in [2.75, 3.05) is 36.8 Å². The van der Waals surface area contributed by atoms with Crippen LogP contribution in [0, 0.1) is 0 Å². The fraction of sp³-hybridized carbons (Fsp3) is 0.417. The summed E-state index contributed by atoms with van der Waals surface area (Å²) in [4.78, 5) is 19.4. The molecule has 0 spiro atoms. The molecule has 1 aliphatic heterocycles. The number of hydrogen-bond acceptors (Lipinski definition) is 5. The molecule has 2 aromatic heterocycles. The zero-order valence-electron chi connectivity index (χ0n) is 11.1. The Morgan fingerprint density at radius 1 is 1.35 bits per heavy atom. The number of carbonyl (C=O) groups is 1. The van der Waals surface area contributed by atoms with Gasteiger partial charge in [-0.3, -0.25) is 4.79 Å². The van der Waals surface area contributed by atoms with Crippen molar-refractivity contribution >= 4 is 39.0 Å². The molecule has 1 saturated heterocycles. The molecule has 106 valence electrons. The molecule has 7 nitrogen and oxygen atoms in total. The van der Waals surface area contributed by atoms with E-state index in [9.17, 15) is 4.79 Å². The molecule has 0 aromatic carbocycles. The smallest absolute Gasteiger partial charge is 0.219 e. The Balaban J connectivity index is 1.92. The standard InChI is InChI=1S/C12H15BrN6O/c1-8(20)17-2-4-18(5-3-17)10-6-9(13)11-12(14)15-7-16-19(10)11/h6-7H,2-5H2,1H3,(H2,14,15,16). The zero-order chi connectivity index (χ0) is 14.3. The maximum atomic E-state index is 11.4. The summed E-state index contributed by atoms with van der Waals surface area (Å²) in [5.74, 6) is 1.53. The van der Waals surface area contributed by atoms with Gasteiger partial charge in [0.2, 0.25) is 5.91 Å². The molecule has 0 bridgehead atoms. The molecule has 3 heterocycles. The normalized spacial score (nSPS) is 15.9. The van der Waals surface area contributed by atoms with E-state index < -0.39 is 0 Å². The van der Waals surface area contributed by atoms with Gasteiger partial charge in [0.15, 0.2) is 5.82 Å². The summed E-state index contributed by atoms with van der Waals surface area (Å²) in [5, 5.41) is 4.27. The second-order valence-corrected chi connectivity index (χ2v) is 5.60. The summed E-state index contributed by atoms with van der Waals surface area (Å²) < 4.78 is 2.66. The van der Waals surface area contributed by atoms with Crippen LogP contribution in [-0.2, 0) is 4.79 Å². The Morgan fingerprint density at radius 2 is 2.05 bits per heavy atom. The van der Waals surface area contributed by atoms with Gasteiger partial charge in [0.1, 0.15) is 17.7 Å². The van der Waals surface area contributed by atoms with Crippen molar-refractivity contribution in [2.24, 2.45) is 0 Å². The molecule has 8 heteroatoms. The highest BCUT2D eigenvalue weighted by Gasteiger charge is 2.22. The molecular weight excluding hydrogens is 324 g/mol. The van der Waals surface area contributed by atoms with Crippen molar-refractivity contribution < 1.29 is 4.79 Å². The van der Waals surface area contributed by atoms with Crippen molar-refractivity contribution in [2.45, 2.75) is 6.92 Å². The lowest BCUT2D eigenvalue weighted by atomic mass is 10.3. The van der Waals surface area contributed by atoms with E-state index in [-0.39, 0.29) is 5.91 Å². The van der Waals surface area contributed by atoms with E-state index in [2.05, 4.69) is 30.9 Å². The van der Waals surface area contributed by atoms with Gasteiger partial charge < -0.3 is 15.5 Å². The molecule has 2 aromatic rings. The second kappa shape index (κ2) is 4.93. The first-order valence-electron chi connectivity index (χ1n) is 6.36. The molecule has 0 saturated carbocycles. The number of nitrogen functional groups attached to an aromatic ring is 1. The van der Waals surface area contributed by atoms with E-state index in [0.717, 1.165) is 42.0 Å². The Bertz CT molecular complexity index is 661. The molecule has 0 unspecified atom stereocenters. The van der Waals surface area contributed by atoms with E-state index in [4.69, 9.17) is 5.73 Å². The third-order valence-corrected chi connectivity index (χ3v) is 4.17. The van der Waals surface area contributed by atoms with E-state index >= 15 is 0 Å². The van der Waals surface area contributed by atoms with Crippen LogP contribution in [0.3, 0.4) is 0 Å². The number of rotatable bonds is 1. The summed E-state index contributed by atoms with van der Waals surface area (Å²) in [5.41, 5.74) is 6.66. The Hall–Kier alpha value is -1.83. The highest BCUT2D eigenvalue weighted by Crippen LogP contribution is 2.30. The Labute approximate surface area is 124 Å². The lowest BCUT2D eigenvalue weighted by Gasteiger charge is -2.34. The highest BCUT2D eigenvalue weighted by atomic mass is 79.9. The molecule has 0 atom stereocenters. The number of piperazine rings is 1. The van der Waals surface area contributed by atoms with Crippen LogP contribution in [0.25, 0.3) is 5.52 Å². The van der Waals surface area contributed by atoms with Crippen molar-refractivity contribution in [1.82, 2.24) is 19.5 Å². The zero-order valence-corrected chi connectivity index (χ0v) is 12.7. The summed E-state index contributed by atoms with van der Waals surface area (Å²) in [7, 11) is 0. The summed E-state index contributed by atoms with van der Waals surface area (Å²) >= 11 is 3.50. The van der Waals surface area contributed by atoms with Crippen LogP contribution < -0.4 is 10.6 Å². The van der Waals surface area contributed by atoms with Crippen LogP contribution in [-0.4, -0.2) is 51.6 Å². The van der Waals surface area contributed by atoms with Gasteiger partial charge in [-0.25, -0.2) is 9.50 Å². The number of aromatic nitrogens is 3. The molecule has 1 amide bonds.